The number of rotatable bonds is 1. The fourth-order valence-electron chi connectivity index (χ4n) is 1.87. The van der Waals surface area contributed by atoms with E-state index in [4.69, 9.17) is 11.5 Å². The Labute approximate surface area is 83.8 Å². The summed E-state index contributed by atoms with van der Waals surface area (Å²) >= 11 is 0. The van der Waals surface area contributed by atoms with Crippen molar-refractivity contribution < 1.29 is 0 Å². The molecule has 3 nitrogen and oxygen atoms in total. The van der Waals surface area contributed by atoms with Gasteiger partial charge >= 0.3 is 0 Å². The van der Waals surface area contributed by atoms with E-state index in [2.05, 4.69) is 11.1 Å². The molecule has 1 unspecified atom stereocenters. The van der Waals surface area contributed by atoms with E-state index >= 15 is 0 Å². The molecule has 0 aromatic carbocycles. The Bertz CT molecular complexity index is 357. The Balaban J connectivity index is 2.35. The molecule has 0 radical (unpaired) electrons. The molecule has 1 heterocycles. The lowest BCUT2D eigenvalue weighted by Crippen LogP contribution is -2.20. The maximum atomic E-state index is 5.87. The molecule has 0 bridgehead atoms. The van der Waals surface area contributed by atoms with Crippen LogP contribution in [0.3, 0.4) is 0 Å². The minimum atomic E-state index is 0.179. The molecule has 0 saturated carbocycles. The van der Waals surface area contributed by atoms with Crippen molar-refractivity contribution in [3.8, 4) is 0 Å². The quantitative estimate of drug-likeness (QED) is 0.704. The Morgan fingerprint density at radius 3 is 3.00 bits per heavy atom. The lowest BCUT2D eigenvalue weighted by Gasteiger charge is -2.18. The minimum Gasteiger partial charge on any atom is -0.383 e. The van der Waals surface area contributed by atoms with Crippen molar-refractivity contribution in [3.63, 3.8) is 0 Å². The molecule has 0 aliphatic heterocycles. The minimum absolute atomic E-state index is 0.179. The van der Waals surface area contributed by atoms with Crippen molar-refractivity contribution in [2.24, 2.45) is 5.73 Å². The van der Waals surface area contributed by atoms with E-state index in [1.807, 2.05) is 12.1 Å². The van der Waals surface area contributed by atoms with Crippen LogP contribution in [-0.4, -0.2) is 11.0 Å². The summed E-state index contributed by atoms with van der Waals surface area (Å²) in [5.41, 5.74) is 14.0. The van der Waals surface area contributed by atoms with Crippen LogP contribution < -0.4 is 11.5 Å². The summed E-state index contributed by atoms with van der Waals surface area (Å²) in [5.74, 6) is 0.604. The van der Waals surface area contributed by atoms with E-state index < -0.39 is 0 Å². The van der Waals surface area contributed by atoms with Crippen molar-refractivity contribution in [1.82, 2.24) is 4.98 Å². The first-order chi connectivity index (χ1) is 6.77. The molecule has 1 aliphatic carbocycles. The first-order valence-electron chi connectivity index (χ1n) is 4.94. The van der Waals surface area contributed by atoms with Crippen LogP contribution >= 0.6 is 0 Å². The molecule has 2 rings (SSSR count). The highest BCUT2D eigenvalue weighted by atomic mass is 14.8. The van der Waals surface area contributed by atoms with Crippen LogP contribution in [0, 0.1) is 0 Å². The van der Waals surface area contributed by atoms with Gasteiger partial charge in [0.05, 0.1) is 0 Å². The predicted molar refractivity (Wildman–Crippen MR) is 58.5 cm³/mol. The summed E-state index contributed by atoms with van der Waals surface area (Å²) in [5, 5.41) is 0. The fourth-order valence-corrected chi connectivity index (χ4v) is 1.87. The van der Waals surface area contributed by atoms with Gasteiger partial charge in [0.15, 0.2) is 0 Å². The molecule has 1 aromatic heterocycles. The SMILES string of the molecule is Nc1ncccc1C1=CC(N)CCC1. The predicted octanol–water partition coefficient (Wildman–Crippen LogP) is 1.56. The second-order valence-electron chi connectivity index (χ2n) is 3.68. The van der Waals surface area contributed by atoms with Gasteiger partial charge in [-0.3, -0.25) is 0 Å². The highest BCUT2D eigenvalue weighted by molar-refractivity contribution is 5.73. The van der Waals surface area contributed by atoms with Crippen molar-refractivity contribution in [2.45, 2.75) is 25.3 Å². The lowest BCUT2D eigenvalue weighted by molar-refractivity contribution is 0.654. The normalized spacial score (nSPS) is 21.8. The van der Waals surface area contributed by atoms with Crippen LogP contribution in [0.4, 0.5) is 5.82 Å². The Morgan fingerprint density at radius 2 is 2.29 bits per heavy atom. The smallest absolute Gasteiger partial charge is 0.130 e. The van der Waals surface area contributed by atoms with Gasteiger partial charge in [-0.1, -0.05) is 6.08 Å². The summed E-state index contributed by atoms with van der Waals surface area (Å²) < 4.78 is 0. The molecule has 74 valence electrons. The Hall–Kier alpha value is -1.35. The van der Waals surface area contributed by atoms with Crippen LogP contribution in [0.1, 0.15) is 24.8 Å². The van der Waals surface area contributed by atoms with E-state index in [1.165, 1.54) is 5.57 Å². The lowest BCUT2D eigenvalue weighted by atomic mass is 9.92. The molecular formula is C11H15N3. The molecule has 1 atom stereocenters. The number of hydrogen-bond donors (Lipinski definition) is 2. The van der Waals surface area contributed by atoms with E-state index in [1.54, 1.807) is 6.20 Å². The van der Waals surface area contributed by atoms with Crippen molar-refractivity contribution in [1.29, 1.82) is 0 Å². The van der Waals surface area contributed by atoms with Gasteiger partial charge in [-0.05, 0) is 37.0 Å². The van der Waals surface area contributed by atoms with Gasteiger partial charge in [-0.2, -0.15) is 0 Å². The van der Waals surface area contributed by atoms with Crippen molar-refractivity contribution in [3.05, 3.63) is 30.0 Å². The third-order valence-corrected chi connectivity index (χ3v) is 2.58. The van der Waals surface area contributed by atoms with Gasteiger partial charge in [0.25, 0.3) is 0 Å². The molecule has 3 heteroatoms. The molecule has 14 heavy (non-hydrogen) atoms. The molecule has 1 aliphatic rings. The van der Waals surface area contributed by atoms with Crippen LogP contribution in [0.15, 0.2) is 24.4 Å². The average molecular weight is 189 g/mol. The highest BCUT2D eigenvalue weighted by Gasteiger charge is 2.13. The molecular weight excluding hydrogens is 174 g/mol. The first-order valence-corrected chi connectivity index (χ1v) is 4.94. The van der Waals surface area contributed by atoms with Gasteiger partial charge in [0.1, 0.15) is 5.82 Å². The van der Waals surface area contributed by atoms with E-state index in [-0.39, 0.29) is 6.04 Å². The van der Waals surface area contributed by atoms with Crippen LogP contribution in [0.25, 0.3) is 5.57 Å². The Kier molecular flexibility index (Phi) is 2.50. The fraction of sp³-hybridized carbons (Fsp3) is 0.364. The Morgan fingerprint density at radius 1 is 1.43 bits per heavy atom. The van der Waals surface area contributed by atoms with Crippen LogP contribution in [0.5, 0.6) is 0 Å². The van der Waals surface area contributed by atoms with Crippen molar-refractivity contribution >= 4 is 11.4 Å². The highest BCUT2D eigenvalue weighted by Crippen LogP contribution is 2.28. The summed E-state index contributed by atoms with van der Waals surface area (Å²) in [4.78, 5) is 4.08. The van der Waals surface area contributed by atoms with Gasteiger partial charge in [-0.25, -0.2) is 4.98 Å². The molecule has 1 aromatic rings. The van der Waals surface area contributed by atoms with Gasteiger partial charge in [0, 0.05) is 17.8 Å². The third-order valence-electron chi connectivity index (χ3n) is 2.58. The number of aromatic nitrogens is 1. The van der Waals surface area contributed by atoms with Gasteiger partial charge in [0.2, 0.25) is 0 Å². The average Bonchev–Trinajstić information content (AvgIpc) is 2.18. The van der Waals surface area contributed by atoms with E-state index in [0.717, 1.165) is 24.8 Å². The zero-order valence-electron chi connectivity index (χ0n) is 8.11. The number of anilines is 1. The molecule has 0 amide bonds. The summed E-state index contributed by atoms with van der Waals surface area (Å²) in [6.07, 6.45) is 7.09. The van der Waals surface area contributed by atoms with Crippen molar-refractivity contribution in [2.75, 3.05) is 5.73 Å². The number of pyridine rings is 1. The number of allylic oxidation sites excluding steroid dienone is 1. The molecule has 0 saturated heterocycles. The van der Waals surface area contributed by atoms with Gasteiger partial charge in [-0.15, -0.1) is 0 Å². The first kappa shape index (κ1) is 9.21. The maximum Gasteiger partial charge on any atom is 0.130 e. The van der Waals surface area contributed by atoms with Crippen LogP contribution in [-0.2, 0) is 0 Å². The monoisotopic (exact) mass is 189 g/mol. The standard InChI is InChI=1S/C11H15N3/c12-9-4-1-3-8(7-9)10-5-2-6-14-11(10)13/h2,5-7,9H,1,3-4,12H2,(H2,13,14). The number of hydrogen-bond acceptors (Lipinski definition) is 3. The molecule has 0 fully saturated rings. The largest absolute Gasteiger partial charge is 0.383 e. The summed E-state index contributed by atoms with van der Waals surface area (Å²) in [6.45, 7) is 0. The topological polar surface area (TPSA) is 64.9 Å². The molecule has 0 spiro atoms. The second kappa shape index (κ2) is 3.80. The maximum absolute atomic E-state index is 5.87. The number of nitrogens with zero attached hydrogens (tertiary/aromatic N) is 1. The van der Waals surface area contributed by atoms with E-state index in [9.17, 15) is 0 Å². The zero-order chi connectivity index (χ0) is 9.97. The number of nitrogen functional groups attached to an aromatic ring is 1. The summed E-state index contributed by atoms with van der Waals surface area (Å²) in [6, 6.07) is 4.09. The second-order valence-corrected chi connectivity index (χ2v) is 3.68. The third kappa shape index (κ3) is 1.77. The van der Waals surface area contributed by atoms with Gasteiger partial charge < -0.3 is 11.5 Å². The molecule has 4 N–H and O–H groups in total. The zero-order valence-corrected chi connectivity index (χ0v) is 8.11. The van der Waals surface area contributed by atoms with E-state index in [0.29, 0.717) is 5.82 Å². The van der Waals surface area contributed by atoms with Crippen LogP contribution in [0.2, 0.25) is 0 Å². The number of nitrogens with two attached hydrogens (primary N) is 2. The summed E-state index contributed by atoms with van der Waals surface area (Å²) in [7, 11) is 0.